The van der Waals surface area contributed by atoms with Gasteiger partial charge in [-0.1, -0.05) is 0 Å². The minimum absolute atomic E-state index is 0.413. The maximum Gasteiger partial charge on any atom is 0.338 e. The quantitative estimate of drug-likeness (QED) is 0.429. The molecule has 7 nitrogen and oxygen atoms in total. The molecule has 0 aliphatic carbocycles. The number of fused-ring (bicyclic) bond motifs is 1. The molecule has 3 aromatic rings. The standard InChI is InChI=1S/C17H18N4O3S/c1-20(2)25-16-6-5-12(9-18-16)24-15-8-11(17(22)23-4)7-14-13(15)10-19-21(14)3/h5-10H,1-4H3/p+1. The van der Waals surface area contributed by atoms with Gasteiger partial charge < -0.3 is 9.47 Å². The minimum Gasteiger partial charge on any atom is -0.465 e. The van der Waals surface area contributed by atoms with Crippen LogP contribution in [-0.2, 0) is 11.8 Å². The second-order valence-electron chi connectivity index (χ2n) is 5.57. The molecule has 8 heteroatoms. The van der Waals surface area contributed by atoms with Gasteiger partial charge in [-0.2, -0.15) is 5.10 Å². The summed E-state index contributed by atoms with van der Waals surface area (Å²) >= 11 is 1.53. The predicted octanol–water partition coefficient (Wildman–Crippen LogP) is 2.54. The van der Waals surface area contributed by atoms with Gasteiger partial charge >= 0.3 is 5.97 Å². The van der Waals surface area contributed by atoms with E-state index in [0.29, 0.717) is 17.1 Å². The zero-order chi connectivity index (χ0) is 18.0. The number of nitrogens with one attached hydrogen (secondary N) is 1. The van der Waals surface area contributed by atoms with E-state index in [2.05, 4.69) is 10.1 Å². The number of carbonyl (C=O) groups is 1. The molecule has 0 radical (unpaired) electrons. The van der Waals surface area contributed by atoms with Crippen LogP contribution in [0.3, 0.4) is 0 Å². The molecule has 1 N–H and O–H groups in total. The van der Waals surface area contributed by atoms with Crippen LogP contribution in [0.1, 0.15) is 10.4 Å². The van der Waals surface area contributed by atoms with Crippen LogP contribution in [0.2, 0.25) is 0 Å². The highest BCUT2D eigenvalue weighted by atomic mass is 32.2. The number of esters is 1. The summed E-state index contributed by atoms with van der Waals surface area (Å²) in [6, 6.07) is 7.17. The Hall–Kier alpha value is -2.58. The topological polar surface area (TPSA) is 71.3 Å². The van der Waals surface area contributed by atoms with Gasteiger partial charge in [0.15, 0.2) is 7.05 Å². The van der Waals surface area contributed by atoms with Crippen molar-refractivity contribution in [2.45, 2.75) is 5.03 Å². The van der Waals surface area contributed by atoms with Crippen molar-refractivity contribution >= 4 is 28.8 Å². The van der Waals surface area contributed by atoms with Crippen LogP contribution in [0.5, 0.6) is 11.5 Å². The van der Waals surface area contributed by atoms with E-state index in [9.17, 15) is 4.79 Å². The molecule has 0 spiro atoms. The average Bonchev–Trinajstić information content (AvgIpc) is 2.97. The number of aromatic nitrogens is 3. The second kappa shape index (κ2) is 7.12. The van der Waals surface area contributed by atoms with Gasteiger partial charge in [0.25, 0.3) is 0 Å². The molecule has 0 saturated carbocycles. The minimum atomic E-state index is -0.413. The molecule has 2 heterocycles. The number of nitrogens with zero attached hydrogens (tertiary/aromatic N) is 3. The molecule has 0 amide bonds. The number of carbonyl (C=O) groups excluding carboxylic acids is 1. The van der Waals surface area contributed by atoms with Crippen molar-refractivity contribution in [1.82, 2.24) is 14.4 Å². The summed E-state index contributed by atoms with van der Waals surface area (Å²) in [6.07, 6.45) is 3.49. The Kier molecular flexibility index (Phi) is 4.91. The Morgan fingerprint density at radius 3 is 2.76 bits per heavy atom. The highest BCUT2D eigenvalue weighted by molar-refractivity contribution is 7.96. The molecule has 25 heavy (non-hydrogen) atoms. The zero-order valence-electron chi connectivity index (χ0n) is 14.4. The first-order chi connectivity index (χ1) is 12.0. The van der Waals surface area contributed by atoms with Crippen molar-refractivity contribution in [2.24, 2.45) is 7.05 Å². The van der Waals surface area contributed by atoms with Gasteiger partial charge in [-0.05, 0) is 44.2 Å². The Bertz CT molecular complexity index is 906. The maximum absolute atomic E-state index is 11.9. The van der Waals surface area contributed by atoms with Gasteiger partial charge in [-0.3, -0.25) is 4.31 Å². The van der Waals surface area contributed by atoms with E-state index in [1.165, 1.54) is 19.1 Å². The summed E-state index contributed by atoms with van der Waals surface area (Å²) in [5, 5.41) is 4.81. The summed E-state index contributed by atoms with van der Waals surface area (Å²) in [6.45, 7) is 0. The Balaban J connectivity index is 1.96. The number of hydrogen-bond acceptors (Lipinski definition) is 6. The van der Waals surface area contributed by atoms with Crippen molar-refractivity contribution in [3.63, 3.8) is 0 Å². The highest BCUT2D eigenvalue weighted by Gasteiger charge is 2.19. The van der Waals surface area contributed by atoms with Gasteiger partial charge in [0.1, 0.15) is 21.9 Å². The van der Waals surface area contributed by atoms with Crippen molar-refractivity contribution < 1.29 is 19.0 Å². The lowest BCUT2D eigenvalue weighted by Crippen LogP contribution is -2.29. The van der Waals surface area contributed by atoms with Crippen LogP contribution < -0.4 is 9.42 Å². The molecular weight excluding hydrogens is 340 g/mol. The van der Waals surface area contributed by atoms with Crippen LogP contribution in [0, 0.1) is 0 Å². The fourth-order valence-corrected chi connectivity index (χ4v) is 2.98. The monoisotopic (exact) mass is 359 g/mol. The van der Waals surface area contributed by atoms with E-state index < -0.39 is 5.97 Å². The molecule has 130 valence electrons. The first-order valence-electron chi connectivity index (χ1n) is 7.56. The van der Waals surface area contributed by atoms with Gasteiger partial charge in [-0.15, -0.1) is 4.68 Å². The van der Waals surface area contributed by atoms with Crippen LogP contribution in [-0.4, -0.2) is 41.6 Å². The number of methoxy groups -OCH3 is 1. The van der Waals surface area contributed by atoms with Crippen LogP contribution in [0.4, 0.5) is 0 Å². The second-order valence-corrected chi connectivity index (χ2v) is 6.90. The molecule has 0 unspecified atom stereocenters. The third kappa shape index (κ3) is 3.75. The lowest BCUT2D eigenvalue weighted by atomic mass is 10.1. The number of rotatable bonds is 5. The summed E-state index contributed by atoms with van der Waals surface area (Å²) < 4.78 is 14.6. The lowest BCUT2D eigenvalue weighted by molar-refractivity contribution is -0.702. The number of aryl methyl sites for hydroxylation is 1. The molecule has 0 bridgehead atoms. The van der Waals surface area contributed by atoms with Crippen LogP contribution >= 0.6 is 11.9 Å². The summed E-state index contributed by atoms with van der Waals surface area (Å²) in [5.41, 5.74) is 1.26. The average molecular weight is 359 g/mol. The molecule has 3 rings (SSSR count). The van der Waals surface area contributed by atoms with Gasteiger partial charge in [0.05, 0.1) is 25.1 Å². The van der Waals surface area contributed by atoms with Crippen molar-refractivity contribution in [2.75, 3.05) is 21.2 Å². The van der Waals surface area contributed by atoms with Gasteiger partial charge in [0, 0.05) is 6.07 Å². The van der Waals surface area contributed by atoms with E-state index in [4.69, 9.17) is 9.47 Å². The molecule has 0 fully saturated rings. The van der Waals surface area contributed by atoms with Gasteiger partial charge in [0.2, 0.25) is 5.52 Å². The largest absolute Gasteiger partial charge is 0.465 e. The SMILES string of the molecule is COC(=O)c1cc(Oc2ccc(SN(C)C)nc2)c2c[nH][n+](C)c2c1. The highest BCUT2D eigenvalue weighted by Crippen LogP contribution is 2.30. The van der Waals surface area contributed by atoms with E-state index in [-0.39, 0.29) is 0 Å². The maximum atomic E-state index is 11.9. The van der Waals surface area contributed by atoms with E-state index in [1.807, 2.05) is 48.5 Å². The molecule has 1 aromatic carbocycles. The summed E-state index contributed by atoms with van der Waals surface area (Å²) in [4.78, 5) is 16.3. The van der Waals surface area contributed by atoms with Crippen molar-refractivity contribution in [3.05, 3.63) is 42.2 Å². The smallest absolute Gasteiger partial charge is 0.338 e. The summed E-state index contributed by atoms with van der Waals surface area (Å²) in [5.74, 6) is 0.739. The predicted molar refractivity (Wildman–Crippen MR) is 94.7 cm³/mol. The number of H-pyrrole nitrogens is 1. The molecule has 0 atom stereocenters. The number of aromatic amines is 1. The Morgan fingerprint density at radius 1 is 1.32 bits per heavy atom. The van der Waals surface area contributed by atoms with E-state index in [0.717, 1.165) is 15.9 Å². The van der Waals surface area contributed by atoms with Gasteiger partial charge in [-0.25, -0.2) is 9.78 Å². The molecule has 2 aromatic heterocycles. The van der Waals surface area contributed by atoms with E-state index in [1.54, 1.807) is 18.3 Å². The third-order valence-corrected chi connectivity index (χ3v) is 4.31. The Morgan fingerprint density at radius 2 is 2.12 bits per heavy atom. The van der Waals surface area contributed by atoms with E-state index >= 15 is 0 Å². The van der Waals surface area contributed by atoms with Crippen LogP contribution in [0.15, 0.2) is 41.7 Å². The van der Waals surface area contributed by atoms with Crippen molar-refractivity contribution in [1.29, 1.82) is 0 Å². The fourth-order valence-electron chi connectivity index (χ4n) is 2.38. The van der Waals surface area contributed by atoms with Crippen LogP contribution in [0.25, 0.3) is 10.9 Å². The fraction of sp³-hybridized carbons (Fsp3) is 0.235. The Labute approximate surface area is 149 Å². The molecule has 0 saturated heterocycles. The molecular formula is C17H19N4O3S+. The molecule has 0 aliphatic heterocycles. The first-order valence-corrected chi connectivity index (χ1v) is 8.34. The number of hydrogen-bond donors (Lipinski definition) is 1. The number of pyridine rings is 1. The number of ether oxygens (including phenoxy) is 2. The summed E-state index contributed by atoms with van der Waals surface area (Å²) in [7, 11) is 7.13. The molecule has 0 aliphatic rings. The first kappa shape index (κ1) is 17.2. The zero-order valence-corrected chi connectivity index (χ0v) is 15.3. The number of benzene rings is 1. The normalized spacial score (nSPS) is 11.1. The van der Waals surface area contributed by atoms with Crippen molar-refractivity contribution in [3.8, 4) is 11.5 Å². The third-order valence-electron chi connectivity index (χ3n) is 3.52. The lowest BCUT2D eigenvalue weighted by Gasteiger charge is -2.09.